The predicted molar refractivity (Wildman–Crippen MR) is 111 cm³/mol. The van der Waals surface area contributed by atoms with Crippen LogP contribution in [0.4, 0.5) is 0 Å². The summed E-state index contributed by atoms with van der Waals surface area (Å²) >= 11 is 6.67. The summed E-state index contributed by atoms with van der Waals surface area (Å²) in [5, 5.41) is 9.36. The standard InChI is InChI=1S/C20H19NO4S2/c1-24-16-8-5-14(11-17(16)25-2)9-10-21-19(23)18(27-20(21)26)12-13-3-6-15(22)7-4-13/h3-8,11-12,22H,9-10H2,1-2H3. The van der Waals surface area contributed by atoms with E-state index in [9.17, 15) is 9.90 Å². The van der Waals surface area contributed by atoms with Crippen LogP contribution in [0.15, 0.2) is 47.4 Å². The van der Waals surface area contributed by atoms with E-state index < -0.39 is 0 Å². The molecule has 1 amide bonds. The largest absolute Gasteiger partial charge is 0.508 e. The minimum atomic E-state index is -0.0986. The quantitative estimate of drug-likeness (QED) is 0.586. The number of carbonyl (C=O) groups is 1. The van der Waals surface area contributed by atoms with Gasteiger partial charge < -0.3 is 14.6 Å². The van der Waals surface area contributed by atoms with E-state index >= 15 is 0 Å². The van der Waals surface area contributed by atoms with Crippen molar-refractivity contribution in [2.45, 2.75) is 6.42 Å². The van der Waals surface area contributed by atoms with Crippen molar-refractivity contribution >= 4 is 40.3 Å². The number of thioether (sulfide) groups is 1. The average molecular weight is 402 g/mol. The van der Waals surface area contributed by atoms with Crippen LogP contribution in [0, 0.1) is 0 Å². The molecule has 1 aliphatic heterocycles. The van der Waals surface area contributed by atoms with E-state index in [4.69, 9.17) is 21.7 Å². The van der Waals surface area contributed by atoms with Gasteiger partial charge in [0, 0.05) is 6.54 Å². The zero-order valence-corrected chi connectivity index (χ0v) is 16.6. The van der Waals surface area contributed by atoms with E-state index in [1.165, 1.54) is 11.8 Å². The summed E-state index contributed by atoms with van der Waals surface area (Å²) in [6.07, 6.45) is 2.44. The fraction of sp³-hybridized carbons (Fsp3) is 0.200. The number of benzene rings is 2. The summed E-state index contributed by atoms with van der Waals surface area (Å²) in [7, 11) is 3.19. The lowest BCUT2D eigenvalue weighted by atomic mass is 10.1. The van der Waals surface area contributed by atoms with Crippen LogP contribution in [0.3, 0.4) is 0 Å². The second kappa shape index (κ2) is 8.45. The molecular weight excluding hydrogens is 382 g/mol. The molecule has 5 nitrogen and oxygen atoms in total. The van der Waals surface area contributed by atoms with Crippen molar-refractivity contribution in [3.8, 4) is 17.2 Å². The van der Waals surface area contributed by atoms with E-state index in [0.717, 1.165) is 11.1 Å². The highest BCUT2D eigenvalue weighted by Gasteiger charge is 2.31. The number of nitrogens with zero attached hydrogens (tertiary/aromatic N) is 1. The SMILES string of the molecule is COc1ccc(CCN2C(=O)C(=Cc3ccc(O)cc3)SC2=S)cc1OC. The molecule has 1 aliphatic rings. The number of rotatable bonds is 6. The fourth-order valence-corrected chi connectivity index (χ4v) is 4.00. The highest BCUT2D eigenvalue weighted by Crippen LogP contribution is 2.33. The molecule has 0 saturated carbocycles. The Balaban J connectivity index is 1.70. The number of aromatic hydroxyl groups is 1. The number of hydrogen-bond donors (Lipinski definition) is 1. The van der Waals surface area contributed by atoms with Gasteiger partial charge in [-0.15, -0.1) is 0 Å². The van der Waals surface area contributed by atoms with Gasteiger partial charge in [0.05, 0.1) is 19.1 Å². The van der Waals surface area contributed by atoms with Crippen LogP contribution < -0.4 is 9.47 Å². The number of phenols is 1. The van der Waals surface area contributed by atoms with Crippen molar-refractivity contribution in [3.05, 3.63) is 58.5 Å². The van der Waals surface area contributed by atoms with Crippen LogP contribution >= 0.6 is 24.0 Å². The van der Waals surface area contributed by atoms with E-state index in [0.29, 0.717) is 33.7 Å². The molecule has 27 heavy (non-hydrogen) atoms. The minimum Gasteiger partial charge on any atom is -0.508 e. The molecule has 1 N–H and O–H groups in total. The molecule has 0 aliphatic carbocycles. The summed E-state index contributed by atoms with van der Waals surface area (Å²) < 4.78 is 11.1. The lowest BCUT2D eigenvalue weighted by Gasteiger charge is -2.15. The summed E-state index contributed by atoms with van der Waals surface area (Å²) in [5.41, 5.74) is 1.87. The number of ether oxygens (including phenoxy) is 2. The van der Waals surface area contributed by atoms with Crippen molar-refractivity contribution in [1.29, 1.82) is 0 Å². The van der Waals surface area contributed by atoms with Gasteiger partial charge in [-0.05, 0) is 47.9 Å². The van der Waals surface area contributed by atoms with Crippen molar-refractivity contribution in [2.24, 2.45) is 0 Å². The van der Waals surface area contributed by atoms with Crippen LogP contribution in [0.2, 0.25) is 0 Å². The van der Waals surface area contributed by atoms with Crippen LogP contribution in [-0.2, 0) is 11.2 Å². The normalized spacial score (nSPS) is 15.5. The van der Waals surface area contributed by atoms with E-state index in [1.807, 2.05) is 18.2 Å². The van der Waals surface area contributed by atoms with Crippen LogP contribution in [0.1, 0.15) is 11.1 Å². The Morgan fingerprint density at radius 1 is 1.11 bits per heavy atom. The Morgan fingerprint density at radius 3 is 2.48 bits per heavy atom. The van der Waals surface area contributed by atoms with Crippen LogP contribution in [-0.4, -0.2) is 41.0 Å². The predicted octanol–water partition coefficient (Wildman–Crippen LogP) is 3.85. The van der Waals surface area contributed by atoms with Crippen LogP contribution in [0.25, 0.3) is 6.08 Å². The molecule has 0 bridgehead atoms. The number of methoxy groups -OCH3 is 2. The Labute approximate surface area is 167 Å². The molecule has 3 rings (SSSR count). The van der Waals surface area contributed by atoms with Crippen molar-refractivity contribution < 1.29 is 19.4 Å². The van der Waals surface area contributed by atoms with Gasteiger partial charge in [-0.1, -0.05) is 42.2 Å². The number of carbonyl (C=O) groups excluding carboxylic acids is 1. The molecule has 0 unspecified atom stereocenters. The minimum absolute atomic E-state index is 0.0986. The zero-order chi connectivity index (χ0) is 19.4. The Bertz CT molecular complexity index is 893. The summed E-state index contributed by atoms with van der Waals surface area (Å²) in [5.74, 6) is 1.42. The van der Waals surface area contributed by atoms with Gasteiger partial charge in [0.2, 0.25) is 0 Å². The molecule has 2 aromatic carbocycles. The molecule has 1 saturated heterocycles. The smallest absolute Gasteiger partial charge is 0.266 e. The molecule has 0 atom stereocenters. The summed E-state index contributed by atoms with van der Waals surface area (Å²) in [6.45, 7) is 0.493. The molecule has 2 aromatic rings. The lowest BCUT2D eigenvalue weighted by molar-refractivity contribution is -0.122. The van der Waals surface area contributed by atoms with E-state index in [-0.39, 0.29) is 11.7 Å². The second-order valence-electron chi connectivity index (χ2n) is 5.86. The van der Waals surface area contributed by atoms with Crippen molar-refractivity contribution in [3.63, 3.8) is 0 Å². The number of amides is 1. The molecule has 0 spiro atoms. The van der Waals surface area contributed by atoms with Crippen molar-refractivity contribution in [2.75, 3.05) is 20.8 Å². The van der Waals surface area contributed by atoms with Crippen LogP contribution in [0.5, 0.6) is 17.2 Å². The Hall–Kier alpha value is -2.51. The third-order valence-corrected chi connectivity index (χ3v) is 5.51. The first-order valence-corrected chi connectivity index (χ1v) is 9.49. The van der Waals surface area contributed by atoms with Gasteiger partial charge >= 0.3 is 0 Å². The first-order chi connectivity index (χ1) is 13.0. The summed E-state index contributed by atoms with van der Waals surface area (Å²) in [6, 6.07) is 12.4. The van der Waals surface area contributed by atoms with Gasteiger partial charge in [0.25, 0.3) is 5.91 Å². The topological polar surface area (TPSA) is 59.0 Å². The maximum absolute atomic E-state index is 12.7. The first-order valence-electron chi connectivity index (χ1n) is 8.27. The molecule has 0 radical (unpaired) electrons. The first kappa shape index (κ1) is 19.3. The summed E-state index contributed by atoms with van der Waals surface area (Å²) in [4.78, 5) is 14.9. The molecule has 140 valence electrons. The fourth-order valence-electron chi connectivity index (χ4n) is 2.69. The highest BCUT2D eigenvalue weighted by atomic mass is 32.2. The molecule has 7 heteroatoms. The Kier molecular flexibility index (Phi) is 6.03. The Morgan fingerprint density at radius 2 is 1.81 bits per heavy atom. The van der Waals surface area contributed by atoms with E-state index in [2.05, 4.69) is 0 Å². The highest BCUT2D eigenvalue weighted by molar-refractivity contribution is 8.26. The maximum Gasteiger partial charge on any atom is 0.266 e. The van der Waals surface area contributed by atoms with Gasteiger partial charge in [0.15, 0.2) is 11.5 Å². The van der Waals surface area contributed by atoms with Gasteiger partial charge in [-0.25, -0.2) is 0 Å². The average Bonchev–Trinajstić information content (AvgIpc) is 2.94. The van der Waals surface area contributed by atoms with Gasteiger partial charge in [-0.3, -0.25) is 9.69 Å². The molecule has 1 heterocycles. The van der Waals surface area contributed by atoms with Crippen molar-refractivity contribution in [1.82, 2.24) is 4.90 Å². The van der Waals surface area contributed by atoms with E-state index in [1.54, 1.807) is 49.5 Å². The number of hydrogen-bond acceptors (Lipinski definition) is 6. The lowest BCUT2D eigenvalue weighted by Crippen LogP contribution is -2.30. The number of phenolic OH excluding ortho intramolecular Hbond substituents is 1. The van der Waals surface area contributed by atoms with Gasteiger partial charge in [-0.2, -0.15) is 0 Å². The molecule has 0 aromatic heterocycles. The van der Waals surface area contributed by atoms with Gasteiger partial charge in [0.1, 0.15) is 10.1 Å². The number of thiocarbonyl (C=S) groups is 1. The molecule has 1 fully saturated rings. The third kappa shape index (κ3) is 4.43. The molecular formula is C20H19NO4S2. The monoisotopic (exact) mass is 401 g/mol. The zero-order valence-electron chi connectivity index (χ0n) is 15.0. The second-order valence-corrected chi connectivity index (χ2v) is 7.54. The maximum atomic E-state index is 12.7. The third-order valence-electron chi connectivity index (χ3n) is 4.14.